The monoisotopic (exact) mass is 440 g/mol. The largest absolute Gasteiger partial charge is 0.342 e. The van der Waals surface area contributed by atoms with E-state index in [-0.39, 0.29) is 10.8 Å². The third-order valence-electron chi connectivity index (χ3n) is 5.02. The van der Waals surface area contributed by atoms with Gasteiger partial charge in [0.15, 0.2) is 0 Å². The highest BCUT2D eigenvalue weighted by atomic mass is 32.2. The predicted octanol–water partition coefficient (Wildman–Crippen LogP) is 3.09. The molecule has 0 aliphatic heterocycles. The van der Waals surface area contributed by atoms with Crippen LogP contribution in [0.5, 0.6) is 0 Å². The van der Waals surface area contributed by atoms with E-state index in [1.165, 1.54) is 12.1 Å². The summed E-state index contributed by atoms with van der Waals surface area (Å²) in [5.41, 5.74) is 3.63. The second-order valence-corrected chi connectivity index (χ2v) is 9.13. The van der Waals surface area contributed by atoms with Crippen molar-refractivity contribution in [3.8, 4) is 11.3 Å². The summed E-state index contributed by atoms with van der Waals surface area (Å²) in [5.74, 6) is -0.140. The number of carbonyl (C=O) groups is 1. The summed E-state index contributed by atoms with van der Waals surface area (Å²) < 4.78 is 28.4. The molecule has 3 rings (SSSR count). The Labute approximate surface area is 183 Å². The van der Waals surface area contributed by atoms with Crippen LogP contribution in [-0.4, -0.2) is 49.1 Å². The van der Waals surface area contributed by atoms with Crippen molar-refractivity contribution in [3.05, 3.63) is 71.9 Å². The number of carbonyl (C=O) groups excluding carboxylic acids is 1. The Hall–Kier alpha value is -2.97. The van der Waals surface area contributed by atoms with Crippen molar-refractivity contribution in [2.45, 2.75) is 24.7 Å². The number of rotatable bonds is 9. The third-order valence-corrected chi connectivity index (χ3v) is 6.58. The first-order valence-electron chi connectivity index (χ1n) is 10.3. The Morgan fingerprint density at radius 1 is 1.10 bits per heavy atom. The van der Waals surface area contributed by atoms with Gasteiger partial charge in [-0.05, 0) is 48.7 Å². The van der Waals surface area contributed by atoms with Gasteiger partial charge < -0.3 is 4.90 Å². The molecule has 0 aliphatic carbocycles. The highest BCUT2D eigenvalue weighted by molar-refractivity contribution is 7.89. The highest BCUT2D eigenvalue weighted by Gasteiger charge is 2.16. The van der Waals surface area contributed by atoms with E-state index in [4.69, 9.17) is 0 Å². The van der Waals surface area contributed by atoms with Gasteiger partial charge in [0.25, 0.3) is 5.91 Å². The van der Waals surface area contributed by atoms with Crippen LogP contribution in [0.2, 0.25) is 0 Å². The summed E-state index contributed by atoms with van der Waals surface area (Å²) >= 11 is 0. The summed E-state index contributed by atoms with van der Waals surface area (Å²) in [7, 11) is 0.158. The van der Waals surface area contributed by atoms with Gasteiger partial charge in [0.1, 0.15) is 0 Å². The molecule has 1 amide bonds. The number of hydrogen-bond acceptors (Lipinski definition) is 4. The summed E-state index contributed by atoms with van der Waals surface area (Å²) in [6.45, 7) is 2.61. The fraction of sp³-hybridized carbons (Fsp3) is 0.304. The first kappa shape index (κ1) is 22.7. The van der Waals surface area contributed by atoms with Gasteiger partial charge in [-0.15, -0.1) is 0 Å². The van der Waals surface area contributed by atoms with E-state index in [0.717, 1.165) is 29.8 Å². The molecule has 0 bridgehead atoms. The van der Waals surface area contributed by atoms with E-state index in [9.17, 15) is 13.2 Å². The Bertz CT molecular complexity index is 1120. The highest BCUT2D eigenvalue weighted by Crippen LogP contribution is 2.20. The molecule has 164 valence electrons. The molecule has 0 unspecified atom stereocenters. The Balaban J connectivity index is 1.56. The molecule has 3 aromatic rings. The molecule has 1 N–H and O–H groups in total. The normalized spacial score (nSPS) is 11.5. The van der Waals surface area contributed by atoms with Gasteiger partial charge in [0.05, 0.1) is 16.3 Å². The molecule has 0 atom stereocenters. The van der Waals surface area contributed by atoms with E-state index < -0.39 is 10.0 Å². The first-order valence-corrected chi connectivity index (χ1v) is 11.7. The average molecular weight is 441 g/mol. The minimum absolute atomic E-state index is 0.140. The summed E-state index contributed by atoms with van der Waals surface area (Å²) in [6.07, 6.45) is 1.54. The van der Waals surface area contributed by atoms with Gasteiger partial charge in [0.2, 0.25) is 10.0 Å². The molecule has 0 spiro atoms. The summed E-state index contributed by atoms with van der Waals surface area (Å²) in [6, 6.07) is 18.2. The quantitative estimate of drug-likeness (QED) is 0.554. The molecule has 8 heteroatoms. The lowest BCUT2D eigenvalue weighted by Gasteiger charge is -2.17. The standard InChI is InChI=1S/C23H28N4O3S/c1-4-24-31(29,30)21-14-12-19(13-15-21)23(28)26(2)16-8-11-20-17-22(27(3)25-20)18-9-6-5-7-10-18/h5-7,9-10,12-15,17,24H,4,8,11,16H2,1-3H3. The number of sulfonamides is 1. The van der Waals surface area contributed by atoms with Gasteiger partial charge in [-0.1, -0.05) is 37.3 Å². The number of amides is 1. The average Bonchev–Trinajstić information content (AvgIpc) is 3.14. The van der Waals surface area contributed by atoms with E-state index >= 15 is 0 Å². The van der Waals surface area contributed by atoms with Crippen molar-refractivity contribution in [2.24, 2.45) is 7.05 Å². The van der Waals surface area contributed by atoms with Crippen LogP contribution in [0.15, 0.2) is 65.6 Å². The maximum absolute atomic E-state index is 12.7. The van der Waals surface area contributed by atoms with Crippen LogP contribution >= 0.6 is 0 Å². The molecule has 7 nitrogen and oxygen atoms in total. The van der Waals surface area contributed by atoms with Crippen LogP contribution in [-0.2, 0) is 23.5 Å². The molecule has 0 fully saturated rings. The summed E-state index contributed by atoms with van der Waals surface area (Å²) in [5, 5.41) is 4.59. The molecule has 0 aliphatic rings. The molecular formula is C23H28N4O3S. The Morgan fingerprint density at radius 2 is 1.77 bits per heavy atom. The number of hydrogen-bond donors (Lipinski definition) is 1. The molecule has 2 aromatic carbocycles. The number of nitrogens with zero attached hydrogens (tertiary/aromatic N) is 3. The number of aryl methyl sites for hydroxylation is 2. The first-order chi connectivity index (χ1) is 14.8. The van der Waals surface area contributed by atoms with Gasteiger partial charge in [-0.25, -0.2) is 13.1 Å². The zero-order valence-electron chi connectivity index (χ0n) is 18.1. The van der Waals surface area contributed by atoms with E-state index in [1.54, 1.807) is 31.0 Å². The van der Waals surface area contributed by atoms with Crippen molar-refractivity contribution in [3.63, 3.8) is 0 Å². The van der Waals surface area contributed by atoms with Gasteiger partial charge in [0, 0.05) is 32.7 Å². The number of nitrogens with one attached hydrogen (secondary N) is 1. The molecule has 31 heavy (non-hydrogen) atoms. The van der Waals surface area contributed by atoms with Gasteiger partial charge >= 0.3 is 0 Å². The zero-order valence-corrected chi connectivity index (χ0v) is 18.9. The van der Waals surface area contributed by atoms with Crippen LogP contribution in [0.1, 0.15) is 29.4 Å². The van der Waals surface area contributed by atoms with Crippen molar-refractivity contribution < 1.29 is 13.2 Å². The zero-order chi connectivity index (χ0) is 22.4. The van der Waals surface area contributed by atoms with Crippen LogP contribution < -0.4 is 4.72 Å². The Kier molecular flexibility index (Phi) is 7.25. The summed E-state index contributed by atoms with van der Waals surface area (Å²) in [4.78, 5) is 14.5. The maximum atomic E-state index is 12.7. The lowest BCUT2D eigenvalue weighted by Crippen LogP contribution is -2.28. The fourth-order valence-electron chi connectivity index (χ4n) is 3.40. The minimum Gasteiger partial charge on any atom is -0.342 e. The number of aromatic nitrogens is 2. The number of benzene rings is 2. The van der Waals surface area contributed by atoms with E-state index in [2.05, 4.69) is 28.0 Å². The van der Waals surface area contributed by atoms with Crippen LogP contribution in [0.25, 0.3) is 11.3 Å². The Morgan fingerprint density at radius 3 is 2.42 bits per heavy atom. The fourth-order valence-corrected chi connectivity index (χ4v) is 4.44. The maximum Gasteiger partial charge on any atom is 0.253 e. The second-order valence-electron chi connectivity index (χ2n) is 7.37. The predicted molar refractivity (Wildman–Crippen MR) is 121 cm³/mol. The minimum atomic E-state index is -3.52. The molecule has 0 saturated heterocycles. The molecule has 1 heterocycles. The van der Waals surface area contributed by atoms with Crippen molar-refractivity contribution in [1.29, 1.82) is 0 Å². The van der Waals surface area contributed by atoms with Crippen molar-refractivity contribution >= 4 is 15.9 Å². The van der Waals surface area contributed by atoms with Crippen LogP contribution in [0.3, 0.4) is 0 Å². The van der Waals surface area contributed by atoms with E-state index in [0.29, 0.717) is 18.7 Å². The molecule has 0 radical (unpaired) electrons. The second kappa shape index (κ2) is 9.89. The van der Waals surface area contributed by atoms with Gasteiger partial charge in [-0.3, -0.25) is 9.48 Å². The molecule has 0 saturated carbocycles. The molecule has 1 aromatic heterocycles. The molecular weight excluding hydrogens is 412 g/mol. The van der Waals surface area contributed by atoms with Crippen LogP contribution in [0, 0.1) is 0 Å². The van der Waals surface area contributed by atoms with Crippen LogP contribution in [0.4, 0.5) is 0 Å². The topological polar surface area (TPSA) is 84.3 Å². The van der Waals surface area contributed by atoms with E-state index in [1.807, 2.05) is 29.9 Å². The lowest BCUT2D eigenvalue weighted by molar-refractivity contribution is 0.0793. The van der Waals surface area contributed by atoms with Gasteiger partial charge in [-0.2, -0.15) is 5.10 Å². The third kappa shape index (κ3) is 5.59. The smallest absolute Gasteiger partial charge is 0.253 e. The lowest BCUT2D eigenvalue weighted by atomic mass is 10.1. The van der Waals surface area contributed by atoms with Crippen molar-refractivity contribution in [2.75, 3.05) is 20.1 Å². The van der Waals surface area contributed by atoms with Crippen molar-refractivity contribution in [1.82, 2.24) is 19.4 Å². The SMILES string of the molecule is CCNS(=O)(=O)c1ccc(C(=O)N(C)CCCc2cc(-c3ccccc3)n(C)n2)cc1.